The van der Waals surface area contributed by atoms with Crippen molar-refractivity contribution in [2.45, 2.75) is 57.7 Å². The summed E-state index contributed by atoms with van der Waals surface area (Å²) in [7, 11) is 0. The molecule has 0 radical (unpaired) electrons. The maximum absolute atomic E-state index is 10.2. The van der Waals surface area contributed by atoms with Crippen LogP contribution in [-0.2, 0) is 6.54 Å². The smallest absolute Gasteiger partial charge is 0.134 e. The van der Waals surface area contributed by atoms with E-state index in [1.165, 1.54) is 23.8 Å². The fourth-order valence-electron chi connectivity index (χ4n) is 3.20. The van der Waals surface area contributed by atoms with E-state index in [2.05, 4.69) is 11.4 Å². The zero-order valence-corrected chi connectivity index (χ0v) is 12.1. The summed E-state index contributed by atoms with van der Waals surface area (Å²) >= 11 is 0. The van der Waals surface area contributed by atoms with Crippen LogP contribution in [0.2, 0.25) is 0 Å². The van der Waals surface area contributed by atoms with Gasteiger partial charge in [-0.3, -0.25) is 0 Å². The van der Waals surface area contributed by atoms with Crippen LogP contribution < -0.4 is 5.32 Å². The van der Waals surface area contributed by atoms with Gasteiger partial charge in [-0.2, -0.15) is 0 Å². The molecule has 0 bridgehead atoms. The molecular weight excluding hydrogens is 250 g/mol. The number of fused-ring (bicyclic) bond motifs is 1. The molecule has 2 aromatic rings. The molecular formula is C17H23NO2. The lowest BCUT2D eigenvalue weighted by Gasteiger charge is -2.21. The molecule has 1 aromatic heterocycles. The van der Waals surface area contributed by atoms with E-state index in [0.717, 1.165) is 37.2 Å². The van der Waals surface area contributed by atoms with E-state index < -0.39 is 0 Å². The van der Waals surface area contributed by atoms with Gasteiger partial charge in [-0.25, -0.2) is 0 Å². The fraction of sp³-hybridized carbons (Fsp3) is 0.529. The highest BCUT2D eigenvalue weighted by Crippen LogP contribution is 2.26. The molecule has 0 spiro atoms. The third kappa shape index (κ3) is 2.74. The van der Waals surface area contributed by atoms with Gasteiger partial charge in [0.2, 0.25) is 0 Å². The molecule has 1 fully saturated rings. The molecule has 1 aromatic carbocycles. The highest BCUT2D eigenvalue weighted by atomic mass is 16.3. The van der Waals surface area contributed by atoms with E-state index in [0.29, 0.717) is 0 Å². The number of benzene rings is 1. The first-order chi connectivity index (χ1) is 9.75. The zero-order chi connectivity index (χ0) is 13.9. The minimum atomic E-state index is -0.212. The van der Waals surface area contributed by atoms with Gasteiger partial charge in [-0.1, -0.05) is 37.5 Å². The summed E-state index contributed by atoms with van der Waals surface area (Å²) in [6.45, 7) is 2.78. The van der Waals surface area contributed by atoms with Crippen LogP contribution >= 0.6 is 0 Å². The normalized spacial score (nSPS) is 23.9. The van der Waals surface area contributed by atoms with Crippen LogP contribution in [0.15, 0.2) is 28.7 Å². The van der Waals surface area contributed by atoms with Crippen LogP contribution in [0.25, 0.3) is 11.0 Å². The first-order valence-corrected chi connectivity index (χ1v) is 7.64. The molecule has 108 valence electrons. The van der Waals surface area contributed by atoms with Gasteiger partial charge >= 0.3 is 0 Å². The highest BCUT2D eigenvalue weighted by molar-refractivity contribution is 5.82. The first kappa shape index (κ1) is 13.7. The quantitative estimate of drug-likeness (QED) is 0.841. The molecule has 1 aliphatic rings. The fourth-order valence-corrected chi connectivity index (χ4v) is 3.20. The average Bonchev–Trinajstić information content (AvgIpc) is 2.62. The lowest BCUT2D eigenvalue weighted by molar-refractivity contribution is 0.119. The Labute approximate surface area is 120 Å². The molecule has 20 heavy (non-hydrogen) atoms. The summed E-state index contributed by atoms with van der Waals surface area (Å²) in [5.74, 6) is 0.974. The Morgan fingerprint density at radius 1 is 1.20 bits per heavy atom. The highest BCUT2D eigenvalue weighted by Gasteiger charge is 2.21. The van der Waals surface area contributed by atoms with Crippen LogP contribution in [0.3, 0.4) is 0 Å². The Balaban J connectivity index is 1.74. The van der Waals surface area contributed by atoms with Crippen molar-refractivity contribution in [1.82, 2.24) is 5.32 Å². The summed E-state index contributed by atoms with van der Waals surface area (Å²) in [6, 6.07) is 8.36. The van der Waals surface area contributed by atoms with Crippen LogP contribution in [-0.4, -0.2) is 17.3 Å². The summed E-state index contributed by atoms with van der Waals surface area (Å²) in [6.07, 6.45) is 5.37. The van der Waals surface area contributed by atoms with E-state index >= 15 is 0 Å². The van der Waals surface area contributed by atoms with Gasteiger partial charge in [0.15, 0.2) is 0 Å². The molecule has 1 heterocycles. The molecule has 0 amide bonds. The van der Waals surface area contributed by atoms with Crippen LogP contribution in [0.4, 0.5) is 0 Å². The average molecular weight is 273 g/mol. The summed E-state index contributed by atoms with van der Waals surface area (Å²) in [5, 5.41) is 14.9. The maximum Gasteiger partial charge on any atom is 0.134 e. The molecule has 1 saturated carbocycles. The van der Waals surface area contributed by atoms with Crippen molar-refractivity contribution in [3.8, 4) is 0 Å². The number of hydrogen-bond acceptors (Lipinski definition) is 3. The molecule has 2 atom stereocenters. The van der Waals surface area contributed by atoms with Crippen molar-refractivity contribution in [3.05, 3.63) is 35.6 Å². The summed E-state index contributed by atoms with van der Waals surface area (Å²) in [5.41, 5.74) is 2.17. The largest absolute Gasteiger partial charge is 0.461 e. The van der Waals surface area contributed by atoms with Gasteiger partial charge in [0.05, 0.1) is 6.10 Å². The molecule has 0 saturated heterocycles. The van der Waals surface area contributed by atoms with E-state index in [1.807, 2.05) is 25.1 Å². The number of rotatable bonds is 3. The Morgan fingerprint density at radius 3 is 2.90 bits per heavy atom. The number of para-hydroxylation sites is 1. The molecule has 1 aliphatic carbocycles. The first-order valence-electron chi connectivity index (χ1n) is 7.64. The molecule has 3 heteroatoms. The van der Waals surface area contributed by atoms with Crippen molar-refractivity contribution in [2.24, 2.45) is 0 Å². The Bertz CT molecular complexity index is 575. The Hall–Kier alpha value is -1.32. The van der Waals surface area contributed by atoms with E-state index in [9.17, 15) is 5.11 Å². The third-order valence-electron chi connectivity index (χ3n) is 4.42. The second-order valence-corrected chi connectivity index (χ2v) is 5.83. The second kappa shape index (κ2) is 5.98. The standard InChI is InChI=1S/C17H23NO2/c1-12-14(13-7-5-6-10-17(13)20-12)11-18-15-8-3-2-4-9-16(15)19/h5-7,10,15-16,18-19H,2-4,8-9,11H2,1H3. The lowest BCUT2D eigenvalue weighted by Crippen LogP contribution is -2.38. The van der Waals surface area contributed by atoms with E-state index in [4.69, 9.17) is 4.42 Å². The lowest BCUT2D eigenvalue weighted by atomic mass is 10.0. The monoisotopic (exact) mass is 273 g/mol. The minimum absolute atomic E-state index is 0.212. The van der Waals surface area contributed by atoms with Gasteiger partial charge in [0, 0.05) is 23.5 Å². The van der Waals surface area contributed by atoms with Crippen LogP contribution in [0.5, 0.6) is 0 Å². The molecule has 3 rings (SSSR count). The molecule has 2 unspecified atom stereocenters. The van der Waals surface area contributed by atoms with E-state index in [-0.39, 0.29) is 12.1 Å². The van der Waals surface area contributed by atoms with Crippen molar-refractivity contribution < 1.29 is 9.52 Å². The molecule has 3 nitrogen and oxygen atoms in total. The second-order valence-electron chi connectivity index (χ2n) is 5.83. The number of furan rings is 1. The summed E-state index contributed by atoms with van der Waals surface area (Å²) < 4.78 is 5.79. The molecule has 2 N–H and O–H groups in total. The molecule has 0 aliphatic heterocycles. The van der Waals surface area contributed by atoms with E-state index in [1.54, 1.807) is 0 Å². The SMILES string of the molecule is Cc1oc2ccccc2c1CNC1CCCCCC1O. The summed E-state index contributed by atoms with van der Waals surface area (Å²) in [4.78, 5) is 0. The van der Waals surface area contributed by atoms with Gasteiger partial charge in [0.25, 0.3) is 0 Å². The predicted molar refractivity (Wildman–Crippen MR) is 80.7 cm³/mol. The van der Waals surface area contributed by atoms with Crippen LogP contribution in [0.1, 0.15) is 43.4 Å². The van der Waals surface area contributed by atoms with Crippen LogP contribution in [0, 0.1) is 6.92 Å². The van der Waals surface area contributed by atoms with Gasteiger partial charge in [-0.05, 0) is 25.8 Å². The van der Waals surface area contributed by atoms with Crippen molar-refractivity contribution >= 4 is 11.0 Å². The van der Waals surface area contributed by atoms with Gasteiger partial charge < -0.3 is 14.8 Å². The Morgan fingerprint density at radius 2 is 2.00 bits per heavy atom. The number of nitrogens with one attached hydrogen (secondary N) is 1. The van der Waals surface area contributed by atoms with Crippen molar-refractivity contribution in [1.29, 1.82) is 0 Å². The van der Waals surface area contributed by atoms with Crippen molar-refractivity contribution in [3.63, 3.8) is 0 Å². The number of hydrogen-bond donors (Lipinski definition) is 2. The Kier molecular flexibility index (Phi) is 4.08. The number of aliphatic hydroxyl groups is 1. The number of aryl methyl sites for hydroxylation is 1. The predicted octanol–water partition coefficient (Wildman–Crippen LogP) is 3.52. The zero-order valence-electron chi connectivity index (χ0n) is 12.1. The van der Waals surface area contributed by atoms with Crippen molar-refractivity contribution in [2.75, 3.05) is 0 Å². The topological polar surface area (TPSA) is 45.4 Å². The number of aliphatic hydroxyl groups excluding tert-OH is 1. The third-order valence-corrected chi connectivity index (χ3v) is 4.42. The van der Waals surface area contributed by atoms with Gasteiger partial charge in [0.1, 0.15) is 11.3 Å². The maximum atomic E-state index is 10.2. The van der Waals surface area contributed by atoms with Gasteiger partial charge in [-0.15, -0.1) is 0 Å². The minimum Gasteiger partial charge on any atom is -0.461 e.